The molecular weight excluding hydrogens is 276 g/mol. The smallest absolute Gasteiger partial charge is 0.240 e. The second-order valence-electron chi connectivity index (χ2n) is 5.30. The van der Waals surface area contributed by atoms with Gasteiger partial charge in [0.25, 0.3) is 0 Å². The van der Waals surface area contributed by atoms with Crippen LogP contribution in [0.15, 0.2) is 11.4 Å². The topological polar surface area (TPSA) is 32.3 Å². The monoisotopic (exact) mass is 296 g/mol. The molecule has 0 radical (unpaired) electrons. The van der Waals surface area contributed by atoms with E-state index in [0.717, 1.165) is 38.2 Å². The molecule has 2 aliphatic heterocycles. The van der Waals surface area contributed by atoms with E-state index >= 15 is 0 Å². The summed E-state index contributed by atoms with van der Waals surface area (Å²) in [6.07, 6.45) is 2.27. The molecule has 5 heteroatoms. The number of carbonyl (C=O) groups is 1. The van der Waals surface area contributed by atoms with Crippen molar-refractivity contribution >= 4 is 29.0 Å². The van der Waals surface area contributed by atoms with Crippen molar-refractivity contribution in [2.45, 2.75) is 18.1 Å². The lowest BCUT2D eigenvalue weighted by Crippen LogP contribution is -2.34. The Hall–Kier alpha value is -0.520. The standard InChI is InChI=1S/C14H20N2OS2/c1-15-8-10-2-5-16(9-10)14(17)13-11-3-6-18-12(11)4-7-19-13/h3,6,10,13,15H,2,4-5,7-9H2,1H3. The third-order valence-corrected chi connectivity index (χ3v) is 6.22. The molecule has 0 aromatic carbocycles. The maximum absolute atomic E-state index is 12.7. The SMILES string of the molecule is CNCC1CCN(C(=O)C2SCCc3sccc32)C1. The van der Waals surface area contributed by atoms with Crippen molar-refractivity contribution in [3.63, 3.8) is 0 Å². The van der Waals surface area contributed by atoms with E-state index in [-0.39, 0.29) is 5.25 Å². The fourth-order valence-electron chi connectivity index (χ4n) is 3.00. The quantitative estimate of drug-likeness (QED) is 0.927. The average molecular weight is 296 g/mol. The van der Waals surface area contributed by atoms with Crippen LogP contribution in [-0.2, 0) is 11.2 Å². The van der Waals surface area contributed by atoms with Crippen molar-refractivity contribution in [1.82, 2.24) is 10.2 Å². The van der Waals surface area contributed by atoms with Crippen LogP contribution in [0.2, 0.25) is 0 Å². The van der Waals surface area contributed by atoms with Crippen molar-refractivity contribution in [2.24, 2.45) is 5.92 Å². The van der Waals surface area contributed by atoms with Crippen LogP contribution < -0.4 is 5.32 Å². The van der Waals surface area contributed by atoms with Crippen molar-refractivity contribution < 1.29 is 4.79 Å². The predicted octanol–water partition coefficient (Wildman–Crippen LogP) is 2.15. The molecule has 3 heterocycles. The molecule has 0 bridgehead atoms. The summed E-state index contributed by atoms with van der Waals surface area (Å²) in [6.45, 7) is 2.88. The summed E-state index contributed by atoms with van der Waals surface area (Å²) < 4.78 is 0. The predicted molar refractivity (Wildman–Crippen MR) is 81.8 cm³/mol. The average Bonchev–Trinajstić information content (AvgIpc) is 3.06. The highest BCUT2D eigenvalue weighted by Crippen LogP contribution is 2.41. The molecule has 2 atom stereocenters. The first-order valence-electron chi connectivity index (χ1n) is 6.91. The van der Waals surface area contributed by atoms with E-state index in [2.05, 4.69) is 21.7 Å². The maximum atomic E-state index is 12.7. The van der Waals surface area contributed by atoms with E-state index in [1.165, 1.54) is 10.4 Å². The van der Waals surface area contributed by atoms with E-state index < -0.39 is 0 Å². The molecule has 1 saturated heterocycles. The van der Waals surface area contributed by atoms with E-state index in [9.17, 15) is 4.79 Å². The van der Waals surface area contributed by atoms with E-state index in [4.69, 9.17) is 0 Å². The number of amides is 1. The minimum Gasteiger partial charge on any atom is -0.341 e. The Labute approximate surface area is 122 Å². The molecule has 1 N–H and O–H groups in total. The molecule has 104 valence electrons. The summed E-state index contributed by atoms with van der Waals surface area (Å²) in [5.41, 5.74) is 1.28. The lowest BCUT2D eigenvalue weighted by Gasteiger charge is -2.26. The number of likely N-dealkylation sites (tertiary alicyclic amines) is 1. The minimum absolute atomic E-state index is 0.0586. The van der Waals surface area contributed by atoms with Crippen molar-refractivity contribution in [3.05, 3.63) is 21.9 Å². The summed E-state index contributed by atoms with van der Waals surface area (Å²) in [7, 11) is 1.99. The maximum Gasteiger partial charge on any atom is 0.240 e. The van der Waals surface area contributed by atoms with Gasteiger partial charge in [0.15, 0.2) is 0 Å². The largest absolute Gasteiger partial charge is 0.341 e. The van der Waals surface area contributed by atoms with E-state index in [1.807, 2.05) is 18.8 Å². The zero-order valence-electron chi connectivity index (χ0n) is 11.2. The fourth-order valence-corrected chi connectivity index (χ4v) is 5.38. The summed E-state index contributed by atoms with van der Waals surface area (Å²) in [6, 6.07) is 2.15. The molecule has 1 aromatic rings. The molecule has 19 heavy (non-hydrogen) atoms. The van der Waals surface area contributed by atoms with Crippen LogP contribution in [0.25, 0.3) is 0 Å². The lowest BCUT2D eigenvalue weighted by atomic mass is 10.1. The van der Waals surface area contributed by atoms with Crippen LogP contribution in [0.4, 0.5) is 0 Å². The second-order valence-corrected chi connectivity index (χ2v) is 7.51. The van der Waals surface area contributed by atoms with Crippen LogP contribution in [-0.4, -0.2) is 43.2 Å². The van der Waals surface area contributed by atoms with Gasteiger partial charge < -0.3 is 10.2 Å². The van der Waals surface area contributed by atoms with Gasteiger partial charge in [0.2, 0.25) is 5.91 Å². The van der Waals surface area contributed by atoms with Gasteiger partial charge >= 0.3 is 0 Å². The zero-order chi connectivity index (χ0) is 13.2. The summed E-state index contributed by atoms with van der Waals surface area (Å²) in [5, 5.41) is 5.41. The highest BCUT2D eigenvalue weighted by Gasteiger charge is 2.34. The first-order valence-corrected chi connectivity index (χ1v) is 8.83. The molecule has 3 rings (SSSR count). The normalized spacial score (nSPS) is 26.5. The van der Waals surface area contributed by atoms with Crippen LogP contribution in [0.1, 0.15) is 22.1 Å². The van der Waals surface area contributed by atoms with Crippen LogP contribution >= 0.6 is 23.1 Å². The summed E-state index contributed by atoms with van der Waals surface area (Å²) >= 11 is 3.62. The molecule has 0 saturated carbocycles. The fraction of sp³-hybridized carbons (Fsp3) is 0.643. The molecule has 1 amide bonds. The molecule has 0 aliphatic carbocycles. The highest BCUT2D eigenvalue weighted by molar-refractivity contribution is 8.00. The number of nitrogens with one attached hydrogen (secondary N) is 1. The number of hydrogen-bond acceptors (Lipinski definition) is 4. The van der Waals surface area contributed by atoms with Gasteiger partial charge in [-0.1, -0.05) is 0 Å². The van der Waals surface area contributed by atoms with Gasteiger partial charge in [0.1, 0.15) is 5.25 Å². The zero-order valence-corrected chi connectivity index (χ0v) is 12.9. The Morgan fingerprint density at radius 3 is 3.32 bits per heavy atom. The molecule has 1 fully saturated rings. The minimum atomic E-state index is 0.0586. The molecule has 0 spiro atoms. The Balaban J connectivity index is 1.69. The van der Waals surface area contributed by atoms with Crippen molar-refractivity contribution in [3.8, 4) is 0 Å². The molecular formula is C14H20N2OS2. The van der Waals surface area contributed by atoms with Crippen molar-refractivity contribution in [1.29, 1.82) is 0 Å². The number of fused-ring (bicyclic) bond motifs is 1. The number of aryl methyl sites for hydroxylation is 1. The van der Waals surface area contributed by atoms with Gasteiger partial charge in [-0.2, -0.15) is 0 Å². The van der Waals surface area contributed by atoms with Gasteiger partial charge in [-0.25, -0.2) is 0 Å². The van der Waals surface area contributed by atoms with Crippen LogP contribution in [0.5, 0.6) is 0 Å². The molecule has 1 aromatic heterocycles. The first kappa shape index (κ1) is 13.5. The number of thioether (sulfide) groups is 1. The van der Waals surface area contributed by atoms with Crippen molar-refractivity contribution in [2.75, 3.05) is 32.4 Å². The lowest BCUT2D eigenvalue weighted by molar-refractivity contribution is -0.129. The van der Waals surface area contributed by atoms with Gasteiger partial charge in [0, 0.05) is 18.0 Å². The molecule has 3 nitrogen and oxygen atoms in total. The number of hydrogen-bond donors (Lipinski definition) is 1. The second kappa shape index (κ2) is 5.85. The third kappa shape index (κ3) is 2.69. The number of thiophene rings is 1. The Morgan fingerprint density at radius 1 is 1.58 bits per heavy atom. The van der Waals surface area contributed by atoms with E-state index in [1.54, 1.807) is 11.3 Å². The number of carbonyl (C=O) groups excluding carboxylic acids is 1. The summed E-state index contributed by atoms with van der Waals surface area (Å²) in [4.78, 5) is 16.2. The van der Waals surface area contributed by atoms with E-state index in [0.29, 0.717) is 11.8 Å². The van der Waals surface area contributed by atoms with Crippen LogP contribution in [0.3, 0.4) is 0 Å². The van der Waals surface area contributed by atoms with Gasteiger partial charge in [-0.05, 0) is 55.1 Å². The summed E-state index contributed by atoms with van der Waals surface area (Å²) in [5.74, 6) is 2.05. The number of nitrogens with zero attached hydrogens (tertiary/aromatic N) is 1. The Kier molecular flexibility index (Phi) is 4.15. The highest BCUT2D eigenvalue weighted by atomic mass is 32.2. The first-order chi connectivity index (χ1) is 9.29. The Morgan fingerprint density at radius 2 is 2.47 bits per heavy atom. The number of rotatable bonds is 3. The van der Waals surface area contributed by atoms with Gasteiger partial charge in [0.05, 0.1) is 0 Å². The molecule has 2 unspecified atom stereocenters. The Bertz CT molecular complexity index is 460. The van der Waals surface area contributed by atoms with Crippen LogP contribution in [0, 0.1) is 5.92 Å². The molecule has 2 aliphatic rings. The van der Waals surface area contributed by atoms with Gasteiger partial charge in [-0.15, -0.1) is 23.1 Å². The van der Waals surface area contributed by atoms with Gasteiger partial charge in [-0.3, -0.25) is 4.79 Å². The third-order valence-electron chi connectivity index (χ3n) is 3.99.